The van der Waals surface area contributed by atoms with Crippen LogP contribution in [-0.2, 0) is 4.74 Å². The number of nitrogens with zero attached hydrogens (tertiary/aromatic N) is 6. The number of hydrogen-bond donors (Lipinski definition) is 1. The molecule has 0 radical (unpaired) electrons. The number of H-pyrrole nitrogens is 1. The van der Waals surface area contributed by atoms with Gasteiger partial charge in [-0.1, -0.05) is 18.2 Å². The normalized spacial score (nSPS) is 16.7. The second kappa shape index (κ2) is 7.38. The summed E-state index contributed by atoms with van der Waals surface area (Å²) in [5, 5.41) is 9.50. The monoisotopic (exact) mass is 437 g/mol. The number of anilines is 1. The zero-order valence-corrected chi connectivity index (χ0v) is 18.1. The van der Waals surface area contributed by atoms with E-state index in [1.165, 1.54) is 12.8 Å². The third kappa shape index (κ3) is 3.09. The van der Waals surface area contributed by atoms with Crippen molar-refractivity contribution in [3.05, 3.63) is 60.8 Å². The van der Waals surface area contributed by atoms with Gasteiger partial charge in [-0.3, -0.25) is 9.55 Å². The Balaban J connectivity index is 1.55. The van der Waals surface area contributed by atoms with Crippen molar-refractivity contribution in [3.63, 3.8) is 0 Å². The van der Waals surface area contributed by atoms with E-state index in [1.807, 2.05) is 12.3 Å². The number of imidazole rings is 1. The standard InChI is InChI=1S/C25H23N7O/c1-2-4-20-18(3-1)21(7-8-26-20)32-22-14-17(31-9-11-33-12-10-31)13-19(24-27-15-28-30-24)23(22)29-25(32)16-5-6-16/h1-4,7-8,13-16H,5-6,9-12H2,(H,27,28,30). The number of rotatable bonds is 4. The van der Waals surface area contributed by atoms with E-state index in [0.717, 1.165) is 76.8 Å². The maximum absolute atomic E-state index is 5.60. The van der Waals surface area contributed by atoms with Crippen LogP contribution < -0.4 is 4.90 Å². The van der Waals surface area contributed by atoms with Gasteiger partial charge in [0.2, 0.25) is 0 Å². The Morgan fingerprint density at radius 1 is 1.03 bits per heavy atom. The molecule has 1 saturated carbocycles. The number of ether oxygens (including phenoxy) is 1. The van der Waals surface area contributed by atoms with Crippen molar-refractivity contribution in [2.24, 2.45) is 0 Å². The predicted molar refractivity (Wildman–Crippen MR) is 127 cm³/mol. The fourth-order valence-electron chi connectivity index (χ4n) is 4.85. The lowest BCUT2D eigenvalue weighted by Gasteiger charge is -2.29. The molecular weight excluding hydrogens is 414 g/mol. The van der Waals surface area contributed by atoms with Gasteiger partial charge in [-0.15, -0.1) is 10.2 Å². The average molecular weight is 438 g/mol. The lowest BCUT2D eigenvalue weighted by atomic mass is 10.1. The highest BCUT2D eigenvalue weighted by molar-refractivity contribution is 5.97. The SMILES string of the molecule is c1ccc2c(-n3c(C4CC4)nc4c(-c5nnc[nH]5)cc(N5CCOCC5)cc43)ccnc2c1. The van der Waals surface area contributed by atoms with Gasteiger partial charge in [-0.05, 0) is 37.1 Å². The van der Waals surface area contributed by atoms with E-state index in [2.05, 4.69) is 66.0 Å². The number of fused-ring (bicyclic) bond motifs is 2. The van der Waals surface area contributed by atoms with E-state index in [-0.39, 0.29) is 0 Å². The van der Waals surface area contributed by atoms with Gasteiger partial charge in [0, 0.05) is 41.8 Å². The minimum Gasteiger partial charge on any atom is -0.378 e. The number of morpholine rings is 1. The second-order valence-corrected chi connectivity index (χ2v) is 8.72. The van der Waals surface area contributed by atoms with Crippen molar-refractivity contribution < 1.29 is 4.74 Å². The quantitative estimate of drug-likeness (QED) is 0.456. The fraction of sp³-hybridized carbons (Fsp3) is 0.280. The number of hydrogen-bond acceptors (Lipinski definition) is 6. The van der Waals surface area contributed by atoms with E-state index in [4.69, 9.17) is 9.72 Å². The molecule has 7 rings (SSSR count). The summed E-state index contributed by atoms with van der Waals surface area (Å²) in [5.41, 5.74) is 6.27. The average Bonchev–Trinajstić information content (AvgIpc) is 3.43. The van der Waals surface area contributed by atoms with E-state index in [0.29, 0.717) is 5.92 Å². The highest BCUT2D eigenvalue weighted by Gasteiger charge is 2.32. The molecule has 8 nitrogen and oxygen atoms in total. The van der Waals surface area contributed by atoms with Crippen LogP contribution in [0.3, 0.4) is 0 Å². The first-order valence-electron chi connectivity index (χ1n) is 11.5. The van der Waals surface area contributed by atoms with E-state index in [1.54, 1.807) is 6.33 Å². The Morgan fingerprint density at radius 3 is 2.73 bits per heavy atom. The summed E-state index contributed by atoms with van der Waals surface area (Å²) in [5.74, 6) is 2.32. The number of para-hydroxylation sites is 1. The summed E-state index contributed by atoms with van der Waals surface area (Å²) >= 11 is 0. The summed E-state index contributed by atoms with van der Waals surface area (Å²) < 4.78 is 7.95. The minimum absolute atomic E-state index is 0.471. The van der Waals surface area contributed by atoms with Crippen LogP contribution in [0.15, 0.2) is 55.0 Å². The molecule has 164 valence electrons. The van der Waals surface area contributed by atoms with Crippen LogP contribution >= 0.6 is 0 Å². The van der Waals surface area contributed by atoms with Crippen LogP contribution in [-0.4, -0.2) is 56.0 Å². The molecule has 2 aromatic carbocycles. The molecule has 33 heavy (non-hydrogen) atoms. The summed E-state index contributed by atoms with van der Waals surface area (Å²) in [4.78, 5) is 15.4. The Hall–Kier alpha value is -3.78. The molecule has 2 fully saturated rings. The highest BCUT2D eigenvalue weighted by Crippen LogP contribution is 2.44. The Labute approximate surface area is 190 Å². The van der Waals surface area contributed by atoms with Crippen LogP contribution in [0.25, 0.3) is 39.0 Å². The highest BCUT2D eigenvalue weighted by atomic mass is 16.5. The van der Waals surface area contributed by atoms with Crippen molar-refractivity contribution in [1.82, 2.24) is 29.7 Å². The van der Waals surface area contributed by atoms with Gasteiger partial charge in [-0.25, -0.2) is 4.98 Å². The van der Waals surface area contributed by atoms with Crippen LogP contribution in [0, 0.1) is 0 Å². The Morgan fingerprint density at radius 2 is 1.91 bits per heavy atom. The number of pyridine rings is 1. The Kier molecular flexibility index (Phi) is 4.20. The molecule has 1 aliphatic heterocycles. The van der Waals surface area contributed by atoms with E-state index >= 15 is 0 Å². The van der Waals surface area contributed by atoms with Crippen LogP contribution in [0.4, 0.5) is 5.69 Å². The summed E-state index contributed by atoms with van der Waals surface area (Å²) in [6, 6.07) is 14.9. The number of aromatic amines is 1. The van der Waals surface area contributed by atoms with Crippen LogP contribution in [0.5, 0.6) is 0 Å². The lowest BCUT2D eigenvalue weighted by Crippen LogP contribution is -2.36. The topological polar surface area (TPSA) is 84.8 Å². The lowest BCUT2D eigenvalue weighted by molar-refractivity contribution is 0.122. The first-order valence-corrected chi connectivity index (χ1v) is 11.5. The van der Waals surface area contributed by atoms with Gasteiger partial charge < -0.3 is 14.6 Å². The van der Waals surface area contributed by atoms with Crippen molar-refractivity contribution >= 4 is 27.6 Å². The largest absolute Gasteiger partial charge is 0.378 e. The molecule has 3 aromatic heterocycles. The zero-order chi connectivity index (χ0) is 21.8. The minimum atomic E-state index is 0.471. The van der Waals surface area contributed by atoms with Gasteiger partial charge in [0.1, 0.15) is 17.7 Å². The second-order valence-electron chi connectivity index (χ2n) is 8.72. The summed E-state index contributed by atoms with van der Waals surface area (Å²) in [6.45, 7) is 3.20. The van der Waals surface area contributed by atoms with Crippen molar-refractivity contribution in [3.8, 4) is 17.1 Å². The molecule has 0 atom stereocenters. The predicted octanol–water partition coefficient (Wildman–Crippen LogP) is 4.07. The molecule has 5 aromatic rings. The van der Waals surface area contributed by atoms with Crippen molar-refractivity contribution in [2.75, 3.05) is 31.2 Å². The number of benzene rings is 2. The Bertz CT molecular complexity index is 1460. The first-order chi connectivity index (χ1) is 16.4. The molecule has 8 heteroatoms. The molecule has 1 aliphatic carbocycles. The van der Waals surface area contributed by atoms with Gasteiger partial charge in [-0.2, -0.15) is 0 Å². The molecule has 0 bridgehead atoms. The third-order valence-corrected chi connectivity index (χ3v) is 6.63. The molecule has 0 unspecified atom stereocenters. The molecule has 0 spiro atoms. The fourth-order valence-corrected chi connectivity index (χ4v) is 4.85. The summed E-state index contributed by atoms with van der Waals surface area (Å²) in [7, 11) is 0. The van der Waals surface area contributed by atoms with Crippen molar-refractivity contribution in [1.29, 1.82) is 0 Å². The van der Waals surface area contributed by atoms with Gasteiger partial charge >= 0.3 is 0 Å². The van der Waals surface area contributed by atoms with E-state index < -0.39 is 0 Å². The van der Waals surface area contributed by atoms with Crippen LogP contribution in [0.2, 0.25) is 0 Å². The molecule has 4 heterocycles. The van der Waals surface area contributed by atoms with Crippen LogP contribution in [0.1, 0.15) is 24.6 Å². The third-order valence-electron chi connectivity index (χ3n) is 6.63. The molecule has 1 saturated heterocycles. The molecule has 2 aliphatic rings. The van der Waals surface area contributed by atoms with E-state index in [9.17, 15) is 0 Å². The molecular formula is C25H23N7O. The zero-order valence-electron chi connectivity index (χ0n) is 18.1. The van der Waals surface area contributed by atoms with Gasteiger partial charge in [0.05, 0.1) is 29.9 Å². The number of nitrogens with one attached hydrogen (secondary N) is 1. The van der Waals surface area contributed by atoms with Gasteiger partial charge in [0.25, 0.3) is 0 Å². The maximum Gasteiger partial charge on any atom is 0.163 e. The summed E-state index contributed by atoms with van der Waals surface area (Å²) in [6.07, 6.45) is 5.85. The van der Waals surface area contributed by atoms with Gasteiger partial charge in [0.15, 0.2) is 5.82 Å². The van der Waals surface area contributed by atoms with Crippen molar-refractivity contribution in [2.45, 2.75) is 18.8 Å². The smallest absolute Gasteiger partial charge is 0.163 e. The number of aromatic nitrogens is 6. The first kappa shape index (κ1) is 18.8. The molecule has 1 N–H and O–H groups in total. The maximum atomic E-state index is 5.60. The molecule has 0 amide bonds.